The van der Waals surface area contributed by atoms with E-state index in [-0.39, 0.29) is 11.4 Å². The molecule has 2 aromatic carbocycles. The molecule has 0 bridgehead atoms. The summed E-state index contributed by atoms with van der Waals surface area (Å²) in [5.74, 6) is 0. The van der Waals surface area contributed by atoms with Gasteiger partial charge in [0.25, 0.3) is 0 Å². The van der Waals surface area contributed by atoms with Crippen molar-refractivity contribution in [1.29, 1.82) is 0 Å². The van der Waals surface area contributed by atoms with Crippen LogP contribution in [0.25, 0.3) is 44.1 Å². The van der Waals surface area contributed by atoms with Crippen LogP contribution in [0.4, 0.5) is 0 Å². The highest BCUT2D eigenvalue weighted by Crippen LogP contribution is 2.40. The zero-order valence-corrected chi connectivity index (χ0v) is 15.4. The Hall–Kier alpha value is -2.94. The van der Waals surface area contributed by atoms with Crippen LogP contribution >= 0.6 is 0 Å². The van der Waals surface area contributed by atoms with Gasteiger partial charge < -0.3 is 4.42 Å². The summed E-state index contributed by atoms with van der Waals surface area (Å²) in [7, 11) is 0. The zero-order valence-electron chi connectivity index (χ0n) is 20.4. The van der Waals surface area contributed by atoms with Gasteiger partial charge in [-0.25, -0.2) is 4.98 Å². The molecule has 3 heterocycles. The first-order valence-electron chi connectivity index (χ1n) is 11.4. The van der Waals surface area contributed by atoms with Gasteiger partial charge in [0.05, 0.1) is 11.1 Å². The van der Waals surface area contributed by atoms with Crippen LogP contribution < -0.4 is 0 Å². The average molecular weight is 359 g/mol. The van der Waals surface area contributed by atoms with Gasteiger partial charge >= 0.3 is 0 Å². The molecule has 3 aromatic heterocycles. The molecule has 0 spiro atoms. The first-order valence-corrected chi connectivity index (χ1v) is 8.94. The Morgan fingerprint density at radius 2 is 1.85 bits per heavy atom. The van der Waals surface area contributed by atoms with Gasteiger partial charge in [0.15, 0.2) is 0 Å². The van der Waals surface area contributed by atoms with Crippen LogP contribution in [0.15, 0.2) is 53.1 Å². The maximum atomic E-state index is 8.63. The summed E-state index contributed by atoms with van der Waals surface area (Å²) in [5, 5.41) is 3.37. The SMILES string of the molecule is [2H]C([2H])([2H])c1cc2ccc3ccc(-c4cc(C([2H])([2H])C(C)(C)C)ccn4)c4oc(n1)c2c34. The van der Waals surface area contributed by atoms with Crippen molar-refractivity contribution in [2.24, 2.45) is 5.41 Å². The number of aromatic nitrogens is 2. The van der Waals surface area contributed by atoms with E-state index in [1.807, 2.05) is 45.0 Å². The molecule has 0 saturated carbocycles. The normalized spacial score (nSPS) is 16.3. The molecular formula is C24H22N2O. The summed E-state index contributed by atoms with van der Waals surface area (Å²) in [6, 6.07) is 12.7. The fourth-order valence-corrected chi connectivity index (χ4v) is 3.66. The molecule has 3 nitrogen and oxygen atoms in total. The molecular weight excluding hydrogens is 332 g/mol. The van der Waals surface area contributed by atoms with Gasteiger partial charge in [-0.05, 0) is 59.2 Å². The van der Waals surface area contributed by atoms with Gasteiger partial charge in [-0.1, -0.05) is 39.0 Å². The van der Waals surface area contributed by atoms with Gasteiger partial charge in [-0.15, -0.1) is 0 Å². The summed E-state index contributed by atoms with van der Waals surface area (Å²) >= 11 is 0. The third-order valence-corrected chi connectivity index (χ3v) is 4.65. The van der Waals surface area contributed by atoms with Crippen LogP contribution in [0.3, 0.4) is 0 Å². The van der Waals surface area contributed by atoms with Crippen molar-refractivity contribution in [2.75, 3.05) is 0 Å². The number of nitrogens with zero attached hydrogens (tertiary/aromatic N) is 2. The lowest BCUT2D eigenvalue weighted by atomic mass is 9.88. The zero-order chi connectivity index (χ0) is 23.1. The van der Waals surface area contributed by atoms with Gasteiger partial charge in [0.2, 0.25) is 5.71 Å². The van der Waals surface area contributed by atoms with Gasteiger partial charge in [0, 0.05) is 29.7 Å². The van der Waals surface area contributed by atoms with E-state index in [2.05, 4.69) is 9.97 Å². The van der Waals surface area contributed by atoms with Crippen molar-refractivity contribution in [3.8, 4) is 11.3 Å². The van der Waals surface area contributed by atoms with Gasteiger partial charge in [-0.3, -0.25) is 4.98 Å². The van der Waals surface area contributed by atoms with E-state index in [4.69, 9.17) is 11.3 Å². The standard InChI is InChI=1S/C24H22N2O/c1-14-11-17-6-5-16-7-8-18(22-20(16)21(17)23(26-14)27-22)19-12-15(9-10-25-19)13-24(2,3)4/h5-12H,13H2,1-4H3/i1D3,13D2. The Morgan fingerprint density at radius 3 is 2.67 bits per heavy atom. The van der Waals surface area contributed by atoms with Crippen molar-refractivity contribution in [1.82, 2.24) is 9.97 Å². The predicted molar refractivity (Wildman–Crippen MR) is 111 cm³/mol. The molecule has 0 radical (unpaired) electrons. The molecule has 0 fully saturated rings. The largest absolute Gasteiger partial charge is 0.437 e. The second-order valence-electron chi connectivity index (χ2n) is 7.92. The molecule has 134 valence electrons. The maximum Gasteiger partial charge on any atom is 0.228 e. The van der Waals surface area contributed by atoms with Crippen LogP contribution in [0.5, 0.6) is 0 Å². The lowest BCUT2D eigenvalue weighted by molar-refractivity contribution is 0.411. The van der Waals surface area contributed by atoms with Crippen LogP contribution in [0, 0.1) is 12.3 Å². The highest BCUT2D eigenvalue weighted by atomic mass is 16.3. The summed E-state index contributed by atoms with van der Waals surface area (Å²) in [6.45, 7) is 3.27. The van der Waals surface area contributed by atoms with Crippen molar-refractivity contribution >= 4 is 32.8 Å². The smallest absolute Gasteiger partial charge is 0.228 e. The topological polar surface area (TPSA) is 38.9 Å². The first-order chi connectivity index (χ1) is 14.9. The predicted octanol–water partition coefficient (Wildman–Crippen LogP) is 6.53. The lowest BCUT2D eigenvalue weighted by Gasteiger charge is -2.18. The average Bonchev–Trinajstić information content (AvgIpc) is 3.11. The van der Waals surface area contributed by atoms with Crippen molar-refractivity contribution in [2.45, 2.75) is 34.0 Å². The number of pyridine rings is 2. The summed E-state index contributed by atoms with van der Waals surface area (Å²) in [6.07, 6.45) is 0.0496. The highest BCUT2D eigenvalue weighted by molar-refractivity contribution is 6.23. The van der Waals surface area contributed by atoms with Crippen LogP contribution in [-0.2, 0) is 6.37 Å². The Labute approximate surface area is 165 Å². The second-order valence-corrected chi connectivity index (χ2v) is 7.92. The fraction of sp³-hybridized carbons (Fsp3) is 0.250. The molecule has 27 heavy (non-hydrogen) atoms. The first kappa shape index (κ1) is 11.7. The lowest BCUT2D eigenvalue weighted by Crippen LogP contribution is -2.09. The molecule has 0 aliphatic heterocycles. The number of benzene rings is 2. The van der Waals surface area contributed by atoms with Crippen molar-refractivity contribution in [3.63, 3.8) is 0 Å². The maximum absolute atomic E-state index is 8.63. The van der Waals surface area contributed by atoms with E-state index in [1.54, 1.807) is 24.4 Å². The number of hydrogen-bond acceptors (Lipinski definition) is 3. The molecule has 0 atom stereocenters. The Bertz CT molecular complexity index is 1480. The second kappa shape index (κ2) is 5.53. The van der Waals surface area contributed by atoms with Crippen molar-refractivity contribution in [3.05, 3.63) is 59.9 Å². The summed E-state index contributed by atoms with van der Waals surface area (Å²) < 4.78 is 46.6. The van der Waals surface area contributed by atoms with E-state index in [1.165, 1.54) is 0 Å². The minimum atomic E-state index is -2.34. The number of rotatable bonds is 2. The third kappa shape index (κ3) is 2.66. The molecule has 3 heteroatoms. The van der Waals surface area contributed by atoms with E-state index in [0.29, 0.717) is 22.4 Å². The Balaban J connectivity index is 1.78. The monoisotopic (exact) mass is 359 g/mol. The van der Waals surface area contributed by atoms with Gasteiger partial charge in [0.1, 0.15) is 5.58 Å². The third-order valence-electron chi connectivity index (χ3n) is 4.65. The van der Waals surface area contributed by atoms with E-state index < -0.39 is 18.6 Å². The minimum absolute atomic E-state index is 0.00722. The fourth-order valence-electron chi connectivity index (χ4n) is 3.66. The molecule has 0 saturated heterocycles. The molecule has 0 aliphatic rings. The summed E-state index contributed by atoms with van der Waals surface area (Å²) in [4.78, 5) is 8.80. The van der Waals surface area contributed by atoms with Crippen LogP contribution in [0.2, 0.25) is 0 Å². The Kier molecular flexibility index (Phi) is 2.40. The molecule has 0 N–H and O–H groups in total. The Morgan fingerprint density at radius 1 is 1.04 bits per heavy atom. The minimum Gasteiger partial charge on any atom is -0.437 e. The van der Waals surface area contributed by atoms with Crippen molar-refractivity contribution < 1.29 is 11.3 Å². The van der Waals surface area contributed by atoms with E-state index in [0.717, 1.165) is 21.5 Å². The number of aryl methyl sites for hydroxylation is 1. The number of furan rings is 1. The molecule has 0 aliphatic carbocycles. The summed E-state index contributed by atoms with van der Waals surface area (Å²) in [5.41, 5.74) is 2.09. The molecule has 5 rings (SSSR count). The van der Waals surface area contributed by atoms with E-state index in [9.17, 15) is 0 Å². The molecule has 0 amide bonds. The highest BCUT2D eigenvalue weighted by Gasteiger charge is 2.19. The van der Waals surface area contributed by atoms with E-state index >= 15 is 0 Å². The quantitative estimate of drug-likeness (QED) is 0.336. The number of hydrogen-bond donors (Lipinski definition) is 0. The van der Waals surface area contributed by atoms with Gasteiger partial charge in [-0.2, -0.15) is 0 Å². The van der Waals surface area contributed by atoms with Crippen LogP contribution in [0.1, 0.15) is 38.9 Å². The van der Waals surface area contributed by atoms with Crippen LogP contribution in [-0.4, -0.2) is 9.97 Å². The molecule has 0 unspecified atom stereocenters. The molecule has 5 aromatic rings.